The Morgan fingerprint density at radius 3 is 2.34 bits per heavy atom. The van der Waals surface area contributed by atoms with Gasteiger partial charge in [-0.15, -0.1) is 0 Å². The van der Waals surface area contributed by atoms with Crippen molar-refractivity contribution in [2.75, 3.05) is 20.3 Å². The smallest absolute Gasteiger partial charge is 0.331 e. The number of phenols is 4. The molecule has 3 heterocycles. The van der Waals surface area contributed by atoms with E-state index in [9.17, 15) is 55.5 Å². The maximum Gasteiger partial charge on any atom is 0.331 e. The third-order valence-corrected chi connectivity index (χ3v) is 8.93. The Balaban J connectivity index is 1.20. The first-order chi connectivity index (χ1) is 25.3. The van der Waals surface area contributed by atoms with Crippen LogP contribution in [-0.4, -0.2) is 121 Å². The van der Waals surface area contributed by atoms with Crippen LogP contribution < -0.4 is 10.2 Å². The number of aromatic hydroxyl groups is 4. The number of aliphatic hydroxyl groups excluding tert-OH is 5. The first-order valence-corrected chi connectivity index (χ1v) is 16.1. The number of methoxy groups -OCH3 is 1. The van der Waals surface area contributed by atoms with E-state index in [2.05, 4.69) is 0 Å². The molecule has 0 aliphatic carbocycles. The molecule has 9 unspecified atom stereocenters. The first kappa shape index (κ1) is 37.5. The Morgan fingerprint density at radius 1 is 0.906 bits per heavy atom. The minimum Gasteiger partial charge on any atom is -0.508 e. The van der Waals surface area contributed by atoms with Crippen molar-refractivity contribution in [2.45, 2.75) is 55.1 Å². The molecule has 9 atom stereocenters. The monoisotopic (exact) mass is 740 g/mol. The maximum absolute atomic E-state index is 13.1. The first-order valence-electron chi connectivity index (χ1n) is 16.1. The number of esters is 1. The highest BCUT2D eigenvalue weighted by Crippen LogP contribution is 2.44. The number of benzene rings is 3. The molecule has 2 aliphatic rings. The second-order valence-electron chi connectivity index (χ2n) is 12.3. The lowest BCUT2D eigenvalue weighted by Gasteiger charge is -2.44. The van der Waals surface area contributed by atoms with Gasteiger partial charge in [0, 0.05) is 23.8 Å². The Hall–Kier alpha value is -5.24. The number of fused-ring (bicyclic) bond motifs is 1. The zero-order chi connectivity index (χ0) is 38.1. The second kappa shape index (κ2) is 15.4. The Labute approximate surface area is 299 Å². The van der Waals surface area contributed by atoms with Crippen molar-refractivity contribution < 1.29 is 78.9 Å². The molecule has 2 fully saturated rings. The molecule has 0 amide bonds. The summed E-state index contributed by atoms with van der Waals surface area (Å²) in [6.45, 7) is -1.35. The largest absolute Gasteiger partial charge is 0.508 e. The predicted octanol–water partition coefficient (Wildman–Crippen LogP) is 0.533. The normalized spacial score (nSPS) is 27.5. The molecular weight excluding hydrogens is 704 g/mol. The number of carbonyl (C=O) groups is 1. The number of ether oxygens (including phenoxy) is 5. The van der Waals surface area contributed by atoms with Crippen molar-refractivity contribution in [2.24, 2.45) is 0 Å². The summed E-state index contributed by atoms with van der Waals surface area (Å²) in [5, 5.41) is 94.4. The second-order valence-corrected chi connectivity index (χ2v) is 12.3. The van der Waals surface area contributed by atoms with Crippen LogP contribution in [0.5, 0.6) is 28.7 Å². The quantitative estimate of drug-likeness (QED) is 0.0836. The average molecular weight is 741 g/mol. The molecule has 17 heteroatoms. The van der Waals surface area contributed by atoms with Gasteiger partial charge < -0.3 is 74.1 Å². The van der Waals surface area contributed by atoms with E-state index < -0.39 is 96.8 Å². The zero-order valence-corrected chi connectivity index (χ0v) is 27.8. The van der Waals surface area contributed by atoms with Crippen molar-refractivity contribution in [1.82, 2.24) is 0 Å². The topological polar surface area (TPSA) is 275 Å². The molecule has 4 aromatic rings. The van der Waals surface area contributed by atoms with Crippen LogP contribution in [0, 0.1) is 0 Å². The van der Waals surface area contributed by atoms with E-state index in [1.807, 2.05) is 0 Å². The van der Waals surface area contributed by atoms with Gasteiger partial charge in [0.05, 0.1) is 25.9 Å². The molecule has 1 aromatic heterocycles. The van der Waals surface area contributed by atoms with Crippen LogP contribution in [0.15, 0.2) is 69.9 Å². The number of phenolic OH excluding ortho intramolecular Hbond substituents is 4. The van der Waals surface area contributed by atoms with Gasteiger partial charge in [-0.05, 0) is 48.0 Å². The van der Waals surface area contributed by atoms with Gasteiger partial charge in [-0.2, -0.15) is 0 Å². The highest BCUT2D eigenvalue weighted by molar-refractivity contribution is 5.88. The number of hydrogen-bond acceptors (Lipinski definition) is 17. The molecule has 2 saturated heterocycles. The van der Waals surface area contributed by atoms with E-state index >= 15 is 0 Å². The molecule has 0 spiro atoms. The molecule has 6 rings (SSSR count). The van der Waals surface area contributed by atoms with Crippen molar-refractivity contribution in [3.63, 3.8) is 0 Å². The lowest BCUT2D eigenvalue weighted by atomic mass is 9.92. The minimum atomic E-state index is -1.93. The van der Waals surface area contributed by atoms with Crippen LogP contribution >= 0.6 is 0 Å². The fourth-order valence-corrected chi connectivity index (χ4v) is 6.12. The Bertz CT molecular complexity index is 2040. The maximum atomic E-state index is 13.1. The number of hydrogen-bond donors (Lipinski definition) is 9. The van der Waals surface area contributed by atoms with Crippen molar-refractivity contribution >= 4 is 23.0 Å². The summed E-state index contributed by atoms with van der Waals surface area (Å²) >= 11 is 0. The van der Waals surface area contributed by atoms with E-state index in [1.54, 1.807) is 0 Å². The van der Waals surface area contributed by atoms with Gasteiger partial charge in [0.25, 0.3) is 0 Å². The number of aliphatic hydroxyl groups is 5. The molecule has 9 N–H and O–H groups in total. The van der Waals surface area contributed by atoms with Gasteiger partial charge in [-0.3, -0.25) is 4.79 Å². The lowest BCUT2D eigenvalue weighted by Crippen LogP contribution is -2.62. The Kier molecular flexibility index (Phi) is 10.9. The zero-order valence-electron chi connectivity index (χ0n) is 27.8. The molecule has 282 valence electrons. The molecule has 0 saturated carbocycles. The van der Waals surface area contributed by atoms with E-state index in [-0.39, 0.29) is 34.0 Å². The highest BCUT2D eigenvalue weighted by atomic mass is 16.7. The van der Waals surface area contributed by atoms with Gasteiger partial charge >= 0.3 is 5.97 Å². The number of carbonyl (C=O) groups excluding carboxylic acids is 1. The molecule has 3 aromatic carbocycles. The average Bonchev–Trinajstić information content (AvgIpc) is 3.13. The van der Waals surface area contributed by atoms with Gasteiger partial charge in [0.2, 0.25) is 0 Å². The lowest BCUT2D eigenvalue weighted by molar-refractivity contribution is -0.332. The van der Waals surface area contributed by atoms with Crippen LogP contribution in [0.3, 0.4) is 0 Å². The molecule has 17 nitrogen and oxygen atoms in total. The van der Waals surface area contributed by atoms with Crippen molar-refractivity contribution in [3.05, 3.63) is 82.0 Å². The SMILES string of the molecule is COc1cc(C=CC(=O)OC2C(OC3COC(c4c(O)cc5oc(-c6ccc(O)cc6)cc(=O)c5c4O)C(O)C3O)OC(CO)C(O)C2O)ccc1O. The van der Waals surface area contributed by atoms with Gasteiger partial charge in [-0.1, -0.05) is 6.07 Å². The minimum absolute atomic E-state index is 0.0181. The van der Waals surface area contributed by atoms with Crippen LogP contribution in [-0.2, 0) is 23.7 Å². The fraction of sp³-hybridized carbons (Fsp3) is 0.333. The molecule has 53 heavy (non-hydrogen) atoms. The summed E-state index contributed by atoms with van der Waals surface area (Å²) in [7, 11) is 1.34. The van der Waals surface area contributed by atoms with Crippen molar-refractivity contribution in [1.29, 1.82) is 0 Å². The third kappa shape index (κ3) is 7.50. The van der Waals surface area contributed by atoms with Crippen LogP contribution in [0.1, 0.15) is 17.2 Å². The van der Waals surface area contributed by atoms with E-state index in [4.69, 9.17) is 28.1 Å². The van der Waals surface area contributed by atoms with Gasteiger partial charge in [0.1, 0.15) is 76.7 Å². The Morgan fingerprint density at radius 2 is 1.64 bits per heavy atom. The predicted molar refractivity (Wildman–Crippen MR) is 180 cm³/mol. The van der Waals surface area contributed by atoms with Crippen LogP contribution in [0.25, 0.3) is 28.4 Å². The summed E-state index contributed by atoms with van der Waals surface area (Å²) in [5.41, 5.74) is -0.516. The van der Waals surface area contributed by atoms with E-state index in [0.717, 1.165) is 18.2 Å². The molecule has 2 aliphatic heterocycles. The molecule has 0 radical (unpaired) electrons. The molecule has 0 bridgehead atoms. The standard InChI is InChI=1S/C36H36O17/c1-48-22-10-15(2-8-18(22)39)3-9-26(42)53-35-33(47)29(43)24(13-37)51-36(35)52-25-14-49-34(32(46)30(25)44)28-20(41)12-23-27(31(28)45)19(40)11-21(50-23)16-4-6-17(38)7-5-16/h2-12,24-25,29-30,32-39,41,43-47H,13-14H2,1H3. The third-order valence-electron chi connectivity index (χ3n) is 8.93. The van der Waals surface area contributed by atoms with Crippen LogP contribution in [0.2, 0.25) is 0 Å². The summed E-state index contributed by atoms with van der Waals surface area (Å²) < 4.78 is 33.2. The van der Waals surface area contributed by atoms with E-state index in [0.29, 0.717) is 11.1 Å². The summed E-state index contributed by atoms with van der Waals surface area (Å²) in [5.74, 6) is -2.41. The van der Waals surface area contributed by atoms with Gasteiger partial charge in [0.15, 0.2) is 29.3 Å². The summed E-state index contributed by atoms with van der Waals surface area (Å²) in [4.78, 5) is 25.9. The number of rotatable bonds is 9. The fourth-order valence-electron chi connectivity index (χ4n) is 6.12. The van der Waals surface area contributed by atoms with E-state index in [1.165, 1.54) is 55.7 Å². The summed E-state index contributed by atoms with van der Waals surface area (Å²) in [6.07, 6.45) is -13.1. The summed E-state index contributed by atoms with van der Waals surface area (Å²) in [6, 6.07) is 12.1. The van der Waals surface area contributed by atoms with Crippen molar-refractivity contribution in [3.8, 4) is 40.1 Å². The van der Waals surface area contributed by atoms with Gasteiger partial charge in [-0.25, -0.2) is 4.79 Å². The van der Waals surface area contributed by atoms with Crippen LogP contribution in [0.4, 0.5) is 0 Å². The highest BCUT2D eigenvalue weighted by Gasteiger charge is 2.50. The molecular formula is C36H36O17.